The van der Waals surface area contributed by atoms with Crippen LogP contribution in [0.2, 0.25) is 0 Å². The van der Waals surface area contributed by atoms with E-state index in [9.17, 15) is 9.59 Å². The van der Waals surface area contributed by atoms with Crippen molar-refractivity contribution in [3.05, 3.63) is 32.6 Å². The molecule has 1 rings (SSSR count). The fraction of sp³-hybridized carbons (Fsp3) is 0.636. The van der Waals surface area contributed by atoms with E-state index in [4.69, 9.17) is 0 Å². The van der Waals surface area contributed by atoms with Crippen LogP contribution in [0.15, 0.2) is 15.8 Å². The van der Waals surface area contributed by atoms with Gasteiger partial charge in [0.15, 0.2) is 0 Å². The van der Waals surface area contributed by atoms with E-state index in [0.29, 0.717) is 5.56 Å². The highest BCUT2D eigenvalue weighted by Crippen LogP contribution is 2.02. The Balaban J connectivity index is 3.65. The lowest BCUT2D eigenvalue weighted by molar-refractivity contribution is 0.469. The normalized spacial score (nSPS) is 11.4. The van der Waals surface area contributed by atoms with Crippen molar-refractivity contribution >= 4 is 0 Å². The van der Waals surface area contributed by atoms with Crippen LogP contribution >= 0.6 is 0 Å². The average Bonchev–Trinajstić information content (AvgIpc) is 2.10. The predicted octanol–water partition coefficient (Wildman–Crippen LogP) is 1.48. The summed E-state index contributed by atoms with van der Waals surface area (Å²) in [5.74, 6) is 0. The summed E-state index contributed by atoms with van der Waals surface area (Å²) in [6, 6.07) is -0.0308. The average molecular weight is 210 g/mol. The molecule has 0 amide bonds. The smallest absolute Gasteiger partial charge is 0.298 e. The minimum Gasteiger partial charge on any atom is -0.298 e. The van der Waals surface area contributed by atoms with Gasteiger partial charge in [-0.25, -0.2) is 4.79 Å². The molecule has 0 saturated carbocycles. The topological polar surface area (TPSA) is 44.0 Å². The van der Waals surface area contributed by atoms with E-state index in [1.165, 1.54) is 4.57 Å². The second kappa shape index (κ2) is 4.04. The quantitative estimate of drug-likeness (QED) is 0.742. The van der Waals surface area contributed by atoms with Crippen molar-refractivity contribution < 1.29 is 0 Å². The van der Waals surface area contributed by atoms with Crippen LogP contribution in [0.3, 0.4) is 0 Å². The molecule has 0 saturated heterocycles. The van der Waals surface area contributed by atoms with Crippen molar-refractivity contribution in [2.75, 3.05) is 0 Å². The van der Waals surface area contributed by atoms with Crippen LogP contribution in [0.5, 0.6) is 0 Å². The summed E-state index contributed by atoms with van der Waals surface area (Å²) in [6.45, 7) is 9.27. The minimum absolute atomic E-state index is 0.0711. The lowest BCUT2D eigenvalue weighted by Crippen LogP contribution is -2.42. The Morgan fingerprint density at radius 3 is 2.00 bits per heavy atom. The van der Waals surface area contributed by atoms with E-state index in [1.807, 2.05) is 27.7 Å². The Hall–Kier alpha value is -1.32. The monoisotopic (exact) mass is 210 g/mol. The van der Waals surface area contributed by atoms with Crippen molar-refractivity contribution in [3.63, 3.8) is 0 Å². The molecule has 0 N–H and O–H groups in total. The maximum absolute atomic E-state index is 12.0. The maximum Gasteiger partial charge on any atom is 0.331 e. The molecule has 0 aliphatic heterocycles. The van der Waals surface area contributed by atoms with Crippen LogP contribution < -0.4 is 11.2 Å². The standard InChI is InChI=1S/C11H18N2O2/c1-7(2)12-6-9(5)10(14)13(8(3)4)11(12)15/h6-8H,1-5H3. The number of hydrogen-bond donors (Lipinski definition) is 0. The number of aryl methyl sites for hydroxylation is 1. The molecule has 0 aromatic carbocycles. The second-order valence-corrected chi connectivity index (χ2v) is 4.36. The van der Waals surface area contributed by atoms with Crippen molar-refractivity contribution in [1.29, 1.82) is 0 Å². The van der Waals surface area contributed by atoms with Gasteiger partial charge in [-0.3, -0.25) is 13.9 Å². The number of rotatable bonds is 2. The molecular weight excluding hydrogens is 192 g/mol. The lowest BCUT2D eigenvalue weighted by Gasteiger charge is -2.16. The molecule has 0 spiro atoms. The van der Waals surface area contributed by atoms with Gasteiger partial charge >= 0.3 is 5.69 Å². The van der Waals surface area contributed by atoms with Crippen LogP contribution in [0.1, 0.15) is 45.3 Å². The highest BCUT2D eigenvalue weighted by Gasteiger charge is 2.12. The van der Waals surface area contributed by atoms with Gasteiger partial charge in [0.1, 0.15) is 0 Å². The van der Waals surface area contributed by atoms with Gasteiger partial charge in [-0.05, 0) is 34.6 Å². The molecule has 1 aromatic heterocycles. The van der Waals surface area contributed by atoms with E-state index in [0.717, 1.165) is 0 Å². The number of hydrogen-bond acceptors (Lipinski definition) is 2. The first-order valence-electron chi connectivity index (χ1n) is 5.20. The summed E-state index contributed by atoms with van der Waals surface area (Å²) < 4.78 is 2.89. The van der Waals surface area contributed by atoms with Gasteiger partial charge in [-0.15, -0.1) is 0 Å². The van der Waals surface area contributed by atoms with E-state index < -0.39 is 0 Å². The van der Waals surface area contributed by atoms with Crippen LogP contribution in [-0.4, -0.2) is 9.13 Å². The summed E-state index contributed by atoms with van der Waals surface area (Å²) in [5.41, 5.74) is 0.194. The fourth-order valence-corrected chi connectivity index (χ4v) is 1.55. The zero-order valence-electron chi connectivity index (χ0n) is 9.94. The van der Waals surface area contributed by atoms with Gasteiger partial charge in [-0.1, -0.05) is 0 Å². The fourth-order valence-electron chi connectivity index (χ4n) is 1.55. The zero-order valence-corrected chi connectivity index (χ0v) is 9.94. The molecule has 84 valence electrons. The van der Waals surface area contributed by atoms with Crippen molar-refractivity contribution in [2.45, 2.75) is 46.7 Å². The van der Waals surface area contributed by atoms with Crippen molar-refractivity contribution in [2.24, 2.45) is 0 Å². The Bertz CT molecular complexity index is 466. The predicted molar refractivity (Wildman–Crippen MR) is 60.5 cm³/mol. The third-order valence-corrected chi connectivity index (χ3v) is 2.39. The molecule has 4 heteroatoms. The zero-order chi connectivity index (χ0) is 11.7. The molecule has 0 unspecified atom stereocenters. The second-order valence-electron chi connectivity index (χ2n) is 4.36. The van der Waals surface area contributed by atoms with Crippen LogP contribution in [0.25, 0.3) is 0 Å². The molecule has 1 heterocycles. The number of aromatic nitrogens is 2. The van der Waals surface area contributed by atoms with E-state index in [1.54, 1.807) is 17.7 Å². The van der Waals surface area contributed by atoms with Crippen molar-refractivity contribution in [3.8, 4) is 0 Å². The van der Waals surface area contributed by atoms with Gasteiger partial charge < -0.3 is 0 Å². The largest absolute Gasteiger partial charge is 0.331 e. The summed E-state index contributed by atoms with van der Waals surface area (Å²) in [7, 11) is 0. The molecular formula is C11H18N2O2. The van der Waals surface area contributed by atoms with Gasteiger partial charge in [0.25, 0.3) is 5.56 Å². The third-order valence-electron chi connectivity index (χ3n) is 2.39. The highest BCUT2D eigenvalue weighted by molar-refractivity contribution is 5.04. The highest BCUT2D eigenvalue weighted by atomic mass is 16.2. The van der Waals surface area contributed by atoms with Gasteiger partial charge in [0.05, 0.1) is 0 Å². The lowest BCUT2D eigenvalue weighted by atomic mass is 10.3. The van der Waals surface area contributed by atoms with Crippen LogP contribution in [-0.2, 0) is 0 Å². The Kier molecular flexibility index (Phi) is 3.17. The minimum atomic E-state index is -0.226. The van der Waals surface area contributed by atoms with E-state index >= 15 is 0 Å². The Morgan fingerprint density at radius 1 is 1.07 bits per heavy atom. The first-order valence-corrected chi connectivity index (χ1v) is 5.20. The Labute approximate surface area is 89.2 Å². The molecule has 4 nitrogen and oxygen atoms in total. The van der Waals surface area contributed by atoms with E-state index in [-0.39, 0.29) is 23.3 Å². The van der Waals surface area contributed by atoms with Crippen LogP contribution in [0, 0.1) is 6.92 Å². The van der Waals surface area contributed by atoms with Crippen LogP contribution in [0.4, 0.5) is 0 Å². The molecule has 0 aliphatic carbocycles. The first kappa shape index (κ1) is 11.8. The molecule has 0 bridgehead atoms. The maximum atomic E-state index is 12.0. The summed E-state index contributed by atoms with van der Waals surface area (Å²) in [5, 5.41) is 0. The van der Waals surface area contributed by atoms with Gasteiger partial charge in [-0.2, -0.15) is 0 Å². The molecule has 1 aromatic rings. The van der Waals surface area contributed by atoms with Gasteiger partial charge in [0, 0.05) is 23.8 Å². The Morgan fingerprint density at radius 2 is 1.60 bits per heavy atom. The molecule has 15 heavy (non-hydrogen) atoms. The van der Waals surface area contributed by atoms with Gasteiger partial charge in [0.2, 0.25) is 0 Å². The SMILES string of the molecule is Cc1cn(C(C)C)c(=O)n(C(C)C)c1=O. The summed E-state index contributed by atoms with van der Waals surface area (Å²) in [4.78, 5) is 23.7. The molecule has 0 fully saturated rings. The number of nitrogens with zero attached hydrogens (tertiary/aromatic N) is 2. The molecule has 0 atom stereocenters. The van der Waals surface area contributed by atoms with Crippen molar-refractivity contribution in [1.82, 2.24) is 9.13 Å². The molecule has 0 aliphatic rings. The van der Waals surface area contributed by atoms with E-state index in [2.05, 4.69) is 0 Å². The molecule has 0 radical (unpaired) electrons. The first-order chi connectivity index (χ1) is 6.86. The summed E-state index contributed by atoms with van der Waals surface area (Å²) in [6.07, 6.45) is 1.63. The third kappa shape index (κ3) is 2.03. The summed E-state index contributed by atoms with van der Waals surface area (Å²) >= 11 is 0.